The highest BCUT2D eigenvalue weighted by molar-refractivity contribution is 8.00. The van der Waals surface area contributed by atoms with E-state index in [4.69, 9.17) is 0 Å². The zero-order valence-electron chi connectivity index (χ0n) is 21.3. The van der Waals surface area contributed by atoms with E-state index >= 15 is 0 Å². The predicted molar refractivity (Wildman–Crippen MR) is 123 cm³/mol. The van der Waals surface area contributed by atoms with Crippen LogP contribution >= 0.6 is 23.5 Å². The Kier molecular flexibility index (Phi) is 9.38. The number of rotatable bonds is 11. The fraction of sp³-hybridized carbons (Fsp3) is 0.500. The first-order chi connectivity index (χ1) is 18.5. The third-order valence-electron chi connectivity index (χ3n) is 5.59. The molecule has 0 N–H and O–H groups in total. The first kappa shape index (κ1) is 36.2. The van der Waals surface area contributed by atoms with Gasteiger partial charge in [0.25, 0.3) is 0 Å². The molecule has 0 fully saturated rings. The van der Waals surface area contributed by atoms with Crippen molar-refractivity contribution in [1.29, 1.82) is 0 Å². The lowest BCUT2D eigenvalue weighted by molar-refractivity contribution is -0.443. The molecule has 0 saturated carbocycles. The Hall–Kier alpha value is -1.98. The highest BCUT2D eigenvalue weighted by Crippen LogP contribution is 2.66. The molecular formula is C24H18F16S2. The number of aryl methyl sites for hydroxylation is 4. The van der Waals surface area contributed by atoms with Crippen molar-refractivity contribution in [3.63, 3.8) is 0 Å². The van der Waals surface area contributed by atoms with Gasteiger partial charge < -0.3 is 0 Å². The summed E-state index contributed by atoms with van der Waals surface area (Å²) in [7, 11) is 0. The minimum atomic E-state index is -8.45. The molecule has 18 heteroatoms. The molecule has 2 rings (SSSR count). The van der Waals surface area contributed by atoms with Gasteiger partial charge in [0.15, 0.2) is 0 Å². The molecule has 238 valence electrons. The van der Waals surface area contributed by atoms with Crippen molar-refractivity contribution in [3.05, 3.63) is 58.7 Å². The van der Waals surface area contributed by atoms with Gasteiger partial charge in [-0.2, -0.15) is 70.2 Å². The van der Waals surface area contributed by atoms with Crippen LogP contribution in [0, 0.1) is 27.7 Å². The molecule has 0 radical (unpaired) electrons. The van der Waals surface area contributed by atoms with Gasteiger partial charge >= 0.3 is 46.0 Å². The lowest BCUT2D eigenvalue weighted by Gasteiger charge is -2.43. The largest absolute Gasteiger partial charge is 0.388 e. The van der Waals surface area contributed by atoms with Crippen LogP contribution in [-0.4, -0.2) is 46.0 Å². The molecule has 0 atom stereocenters. The van der Waals surface area contributed by atoms with Crippen molar-refractivity contribution in [2.75, 3.05) is 0 Å². The molecule has 42 heavy (non-hydrogen) atoms. The van der Waals surface area contributed by atoms with E-state index in [2.05, 4.69) is 0 Å². The van der Waals surface area contributed by atoms with Crippen molar-refractivity contribution in [1.82, 2.24) is 0 Å². The molecule has 2 aromatic rings. The lowest BCUT2D eigenvalue weighted by atomic mass is 9.91. The highest BCUT2D eigenvalue weighted by atomic mass is 32.2. The minimum absolute atomic E-state index is 0.0572. The van der Waals surface area contributed by atoms with E-state index in [0.29, 0.717) is 24.3 Å². The van der Waals surface area contributed by atoms with Crippen molar-refractivity contribution < 1.29 is 70.2 Å². The van der Waals surface area contributed by atoms with Crippen LogP contribution in [0.4, 0.5) is 70.2 Å². The summed E-state index contributed by atoms with van der Waals surface area (Å²) in [6, 6.07) is 5.18. The van der Waals surface area contributed by atoms with Crippen LogP contribution < -0.4 is 0 Å². The van der Waals surface area contributed by atoms with E-state index < -0.39 is 79.4 Å². The molecular weight excluding hydrogens is 656 g/mol. The van der Waals surface area contributed by atoms with E-state index in [-0.39, 0.29) is 22.3 Å². The molecule has 0 saturated heterocycles. The van der Waals surface area contributed by atoms with Gasteiger partial charge in [-0.05, 0) is 97.7 Å². The van der Waals surface area contributed by atoms with E-state index in [1.165, 1.54) is 39.8 Å². The summed E-state index contributed by atoms with van der Waals surface area (Å²) in [5, 5.41) is -12.9. The van der Waals surface area contributed by atoms with Crippen LogP contribution in [0.15, 0.2) is 46.2 Å². The van der Waals surface area contributed by atoms with Crippen LogP contribution in [0.25, 0.3) is 0 Å². The first-order valence-electron chi connectivity index (χ1n) is 11.1. The van der Waals surface area contributed by atoms with Crippen molar-refractivity contribution in [2.45, 2.75) is 83.5 Å². The Labute approximate surface area is 236 Å². The molecule has 0 aliphatic heterocycles. The lowest BCUT2D eigenvalue weighted by Crippen LogP contribution is -2.74. The van der Waals surface area contributed by atoms with Gasteiger partial charge in [-0.1, -0.05) is 12.1 Å². The number of thioether (sulfide) groups is 2. The molecule has 0 nitrogen and oxygen atoms in total. The summed E-state index contributed by atoms with van der Waals surface area (Å²) < 4.78 is 228. The molecule has 0 aliphatic rings. The maximum absolute atomic E-state index is 14.3. The molecule has 0 bridgehead atoms. The number of halogens is 16. The summed E-state index contributed by atoms with van der Waals surface area (Å²) in [5.74, 6) is -48.6. The first-order valence-corrected chi connectivity index (χ1v) is 12.7. The zero-order valence-corrected chi connectivity index (χ0v) is 23.0. The standard InChI is InChI=1S/C24H18F16S2/c1-11-5-12(2)8-15(7-11)41-23(37,38)21(33,34)19(29,30)17(25,26)18(27,28)20(31,32)22(35,36)24(39,40)42-16-9-13(3)6-14(4)10-16/h5-10H,1-4H3. The molecule has 0 heterocycles. The highest BCUT2D eigenvalue weighted by Gasteiger charge is 2.95. The number of hydrogen-bond donors (Lipinski definition) is 0. The second-order valence-corrected chi connectivity index (χ2v) is 11.7. The average molecular weight is 675 g/mol. The summed E-state index contributed by atoms with van der Waals surface area (Å²) in [5.41, 5.74) is 0.229. The van der Waals surface area contributed by atoms with E-state index in [1.807, 2.05) is 0 Å². The zero-order chi connectivity index (χ0) is 33.1. The Morgan fingerprint density at radius 3 is 0.738 bits per heavy atom. The monoisotopic (exact) mass is 674 g/mol. The Bertz CT molecular complexity index is 1160. The molecule has 0 spiro atoms. The summed E-state index contributed by atoms with van der Waals surface area (Å²) in [4.78, 5) is -1.97. The molecule has 0 amide bonds. The average Bonchev–Trinajstić information content (AvgIpc) is 2.76. The molecule has 0 aromatic heterocycles. The van der Waals surface area contributed by atoms with Gasteiger partial charge in [-0.3, -0.25) is 0 Å². The molecule has 0 unspecified atom stereocenters. The van der Waals surface area contributed by atoms with E-state index in [1.54, 1.807) is 0 Å². The quantitative estimate of drug-likeness (QED) is 0.172. The summed E-state index contributed by atoms with van der Waals surface area (Å²) in [6.45, 7) is 4.81. The Balaban J connectivity index is 2.56. The number of alkyl halides is 16. The van der Waals surface area contributed by atoms with Crippen LogP contribution in [-0.2, 0) is 0 Å². The number of hydrogen-bond acceptors (Lipinski definition) is 2. The van der Waals surface area contributed by atoms with Gasteiger partial charge in [-0.15, -0.1) is 0 Å². The Morgan fingerprint density at radius 1 is 0.333 bits per heavy atom. The smallest absolute Gasteiger partial charge is 0.192 e. The van der Waals surface area contributed by atoms with Crippen LogP contribution in [0.2, 0.25) is 0 Å². The van der Waals surface area contributed by atoms with Gasteiger partial charge in [0.2, 0.25) is 0 Å². The van der Waals surface area contributed by atoms with Crippen LogP contribution in [0.5, 0.6) is 0 Å². The van der Waals surface area contributed by atoms with Gasteiger partial charge in [0.05, 0.1) is 0 Å². The fourth-order valence-electron chi connectivity index (χ4n) is 3.56. The maximum Gasteiger partial charge on any atom is 0.388 e. The summed E-state index contributed by atoms with van der Waals surface area (Å²) >= 11 is -3.09. The van der Waals surface area contributed by atoms with Crippen molar-refractivity contribution in [3.8, 4) is 0 Å². The Morgan fingerprint density at radius 2 is 0.524 bits per heavy atom. The van der Waals surface area contributed by atoms with Crippen LogP contribution in [0.3, 0.4) is 0 Å². The second kappa shape index (κ2) is 10.9. The fourth-order valence-corrected chi connectivity index (χ4v) is 5.65. The SMILES string of the molecule is Cc1cc(C)cc(SC(F)(F)C(F)(F)C(F)(F)C(F)(F)C(F)(F)C(F)(F)C(F)(F)C(F)(F)Sc2cc(C)cc(C)c2)c1. The van der Waals surface area contributed by atoms with E-state index in [0.717, 1.165) is 0 Å². The predicted octanol–water partition coefficient (Wildman–Crippen LogP) is 10.8. The molecule has 0 aliphatic carbocycles. The molecule has 2 aromatic carbocycles. The third-order valence-corrected chi connectivity index (χ3v) is 7.55. The summed E-state index contributed by atoms with van der Waals surface area (Å²) in [6.07, 6.45) is 0. The van der Waals surface area contributed by atoms with Gasteiger partial charge in [0, 0.05) is 9.79 Å². The van der Waals surface area contributed by atoms with Crippen molar-refractivity contribution in [2.24, 2.45) is 0 Å². The third kappa shape index (κ3) is 5.77. The minimum Gasteiger partial charge on any atom is -0.192 e. The second-order valence-electron chi connectivity index (χ2n) is 9.33. The van der Waals surface area contributed by atoms with Crippen LogP contribution in [0.1, 0.15) is 22.3 Å². The van der Waals surface area contributed by atoms with Gasteiger partial charge in [0.1, 0.15) is 0 Å². The maximum atomic E-state index is 14.3. The normalized spacial score (nSPS) is 14.9. The number of benzene rings is 2. The van der Waals surface area contributed by atoms with Crippen molar-refractivity contribution >= 4 is 23.5 Å². The van der Waals surface area contributed by atoms with Gasteiger partial charge in [-0.25, -0.2) is 0 Å². The van der Waals surface area contributed by atoms with E-state index in [9.17, 15) is 70.2 Å². The topological polar surface area (TPSA) is 0 Å².